The summed E-state index contributed by atoms with van der Waals surface area (Å²) in [5.74, 6) is 0.0313. The van der Waals surface area contributed by atoms with Gasteiger partial charge >= 0.3 is 0 Å². The van der Waals surface area contributed by atoms with E-state index in [0.717, 1.165) is 4.31 Å². The zero-order chi connectivity index (χ0) is 20.2. The van der Waals surface area contributed by atoms with Gasteiger partial charge in [-0.05, 0) is 36.8 Å². The topological polar surface area (TPSA) is 84.9 Å². The number of methoxy groups -OCH3 is 2. The summed E-state index contributed by atoms with van der Waals surface area (Å²) < 4.78 is 36.9. The summed E-state index contributed by atoms with van der Waals surface area (Å²) in [5, 5.41) is 3.18. The van der Waals surface area contributed by atoms with E-state index in [2.05, 4.69) is 5.32 Å². The van der Waals surface area contributed by atoms with Gasteiger partial charge in [0.15, 0.2) is 0 Å². The molecule has 0 atom stereocenters. The van der Waals surface area contributed by atoms with Crippen molar-refractivity contribution >= 4 is 33.2 Å². The first-order valence-electron chi connectivity index (χ1n) is 7.94. The van der Waals surface area contributed by atoms with Crippen LogP contribution in [-0.4, -0.2) is 46.4 Å². The van der Waals surface area contributed by atoms with Gasteiger partial charge in [0.2, 0.25) is 15.9 Å². The monoisotopic (exact) mass is 412 g/mol. The number of sulfonamides is 1. The summed E-state index contributed by atoms with van der Waals surface area (Å²) in [6.45, 7) is 1.38. The van der Waals surface area contributed by atoms with Crippen LogP contribution in [-0.2, 0) is 14.8 Å². The normalized spacial score (nSPS) is 11.3. The van der Waals surface area contributed by atoms with Crippen molar-refractivity contribution in [1.82, 2.24) is 4.31 Å². The molecule has 0 heterocycles. The summed E-state index contributed by atoms with van der Waals surface area (Å²) in [7, 11) is 0.143. The Morgan fingerprint density at radius 2 is 1.89 bits per heavy atom. The Bertz CT molecular complexity index is 947. The van der Waals surface area contributed by atoms with Crippen molar-refractivity contribution < 1.29 is 22.7 Å². The van der Waals surface area contributed by atoms with Gasteiger partial charge in [-0.3, -0.25) is 4.79 Å². The maximum Gasteiger partial charge on any atom is 0.247 e. The van der Waals surface area contributed by atoms with Crippen LogP contribution in [0.4, 0.5) is 5.69 Å². The molecule has 9 heteroatoms. The minimum atomic E-state index is -3.98. The number of nitrogens with zero attached hydrogens (tertiary/aromatic N) is 1. The standard InChI is InChI=1S/C18H21ClN2O5S/c1-12-14(19)6-5-7-15(12)20-18(22)11-21(2)27(23,24)17-10-13(25-3)8-9-16(17)26-4/h5-10H,11H2,1-4H3,(H,20,22). The predicted molar refractivity (Wildman–Crippen MR) is 104 cm³/mol. The van der Waals surface area contributed by atoms with E-state index in [1.54, 1.807) is 31.2 Å². The molecule has 2 aromatic carbocycles. The molecule has 0 fully saturated rings. The molecule has 2 aromatic rings. The van der Waals surface area contributed by atoms with Gasteiger partial charge in [0.05, 0.1) is 20.8 Å². The van der Waals surface area contributed by atoms with Gasteiger partial charge in [0, 0.05) is 23.8 Å². The van der Waals surface area contributed by atoms with Crippen LogP contribution in [0.5, 0.6) is 11.5 Å². The molecule has 146 valence electrons. The Morgan fingerprint density at radius 3 is 2.52 bits per heavy atom. The number of carbonyl (C=O) groups is 1. The Labute approximate surface area is 163 Å². The maximum absolute atomic E-state index is 12.9. The van der Waals surface area contributed by atoms with Gasteiger partial charge in [-0.15, -0.1) is 0 Å². The number of amides is 1. The highest BCUT2D eigenvalue weighted by Crippen LogP contribution is 2.30. The zero-order valence-corrected chi connectivity index (χ0v) is 17.0. The van der Waals surface area contributed by atoms with Crippen molar-refractivity contribution in [3.63, 3.8) is 0 Å². The summed E-state index contributed by atoms with van der Waals surface area (Å²) in [6, 6.07) is 9.54. The van der Waals surface area contributed by atoms with Crippen LogP contribution in [0.25, 0.3) is 0 Å². The molecule has 0 bridgehead atoms. The van der Waals surface area contributed by atoms with Crippen molar-refractivity contribution in [2.45, 2.75) is 11.8 Å². The lowest BCUT2D eigenvalue weighted by Crippen LogP contribution is -2.35. The molecule has 0 saturated carbocycles. The second-order valence-electron chi connectivity index (χ2n) is 5.74. The van der Waals surface area contributed by atoms with Crippen LogP contribution in [0.2, 0.25) is 5.02 Å². The molecule has 0 unspecified atom stereocenters. The predicted octanol–water partition coefficient (Wildman–Crippen LogP) is 2.92. The average molecular weight is 413 g/mol. The lowest BCUT2D eigenvalue weighted by Gasteiger charge is -2.19. The number of likely N-dealkylation sites (N-methyl/N-ethyl adjacent to an activating group) is 1. The van der Waals surface area contributed by atoms with Crippen molar-refractivity contribution in [2.75, 3.05) is 33.1 Å². The summed E-state index contributed by atoms with van der Waals surface area (Å²) in [6.07, 6.45) is 0. The third-order valence-corrected chi connectivity index (χ3v) is 6.20. The van der Waals surface area contributed by atoms with Crippen LogP contribution in [0.3, 0.4) is 0 Å². The molecule has 27 heavy (non-hydrogen) atoms. The molecule has 0 aliphatic heterocycles. The number of halogens is 1. The highest BCUT2D eigenvalue weighted by Gasteiger charge is 2.27. The third-order valence-electron chi connectivity index (χ3n) is 3.97. The number of anilines is 1. The van der Waals surface area contributed by atoms with Gasteiger partial charge in [-0.1, -0.05) is 17.7 Å². The fourth-order valence-electron chi connectivity index (χ4n) is 2.37. The molecular formula is C18H21ClN2O5S. The lowest BCUT2D eigenvalue weighted by molar-refractivity contribution is -0.116. The van der Waals surface area contributed by atoms with Crippen molar-refractivity contribution in [2.24, 2.45) is 0 Å². The quantitative estimate of drug-likeness (QED) is 0.755. The molecule has 1 N–H and O–H groups in total. The van der Waals surface area contributed by atoms with Crippen LogP contribution >= 0.6 is 11.6 Å². The van der Waals surface area contributed by atoms with Gasteiger partial charge in [-0.25, -0.2) is 8.42 Å². The van der Waals surface area contributed by atoms with Gasteiger partial charge in [-0.2, -0.15) is 4.31 Å². The fraction of sp³-hybridized carbons (Fsp3) is 0.278. The van der Waals surface area contributed by atoms with Gasteiger partial charge < -0.3 is 14.8 Å². The first-order valence-corrected chi connectivity index (χ1v) is 9.75. The number of nitrogens with one attached hydrogen (secondary N) is 1. The minimum Gasteiger partial charge on any atom is -0.497 e. The number of benzene rings is 2. The van der Waals surface area contributed by atoms with E-state index in [0.29, 0.717) is 22.0 Å². The van der Waals surface area contributed by atoms with Crippen LogP contribution in [0, 0.1) is 6.92 Å². The van der Waals surface area contributed by atoms with E-state index >= 15 is 0 Å². The van der Waals surface area contributed by atoms with Gasteiger partial charge in [0.25, 0.3) is 0 Å². The highest BCUT2D eigenvalue weighted by atomic mass is 35.5. The van der Waals surface area contributed by atoms with E-state index in [1.807, 2.05) is 0 Å². The lowest BCUT2D eigenvalue weighted by atomic mass is 10.2. The molecule has 0 radical (unpaired) electrons. The third kappa shape index (κ3) is 4.71. The fourth-order valence-corrected chi connectivity index (χ4v) is 3.84. The van der Waals surface area contributed by atoms with Gasteiger partial charge in [0.1, 0.15) is 16.4 Å². The highest BCUT2D eigenvalue weighted by molar-refractivity contribution is 7.89. The van der Waals surface area contributed by atoms with E-state index in [9.17, 15) is 13.2 Å². The second kappa shape index (κ2) is 8.60. The number of hydrogen-bond donors (Lipinski definition) is 1. The molecule has 7 nitrogen and oxygen atoms in total. The smallest absolute Gasteiger partial charge is 0.247 e. The van der Waals surface area contributed by atoms with Crippen molar-refractivity contribution in [1.29, 1.82) is 0 Å². The zero-order valence-electron chi connectivity index (χ0n) is 15.4. The summed E-state index contributed by atoms with van der Waals surface area (Å²) >= 11 is 6.03. The number of rotatable bonds is 7. The van der Waals surface area contributed by atoms with E-state index in [4.69, 9.17) is 21.1 Å². The van der Waals surface area contributed by atoms with Crippen molar-refractivity contribution in [3.05, 3.63) is 47.0 Å². The molecule has 2 rings (SSSR count). The molecule has 0 aliphatic rings. The average Bonchev–Trinajstić information content (AvgIpc) is 2.64. The Morgan fingerprint density at radius 1 is 1.19 bits per heavy atom. The SMILES string of the molecule is COc1ccc(OC)c(S(=O)(=O)N(C)CC(=O)Nc2cccc(Cl)c2C)c1. The summed E-state index contributed by atoms with van der Waals surface area (Å²) in [4.78, 5) is 12.2. The first kappa shape index (κ1) is 21.0. The van der Waals surface area contributed by atoms with Crippen LogP contribution in [0.15, 0.2) is 41.3 Å². The molecule has 0 spiro atoms. The Balaban J connectivity index is 2.22. The van der Waals surface area contributed by atoms with E-state index in [-0.39, 0.29) is 17.2 Å². The van der Waals surface area contributed by atoms with Crippen LogP contribution < -0.4 is 14.8 Å². The maximum atomic E-state index is 12.9. The molecular weight excluding hydrogens is 392 g/mol. The largest absolute Gasteiger partial charge is 0.497 e. The Kier molecular flexibility index (Phi) is 6.69. The van der Waals surface area contributed by atoms with Crippen molar-refractivity contribution in [3.8, 4) is 11.5 Å². The number of ether oxygens (including phenoxy) is 2. The molecule has 0 aliphatic carbocycles. The molecule has 1 amide bonds. The number of hydrogen-bond acceptors (Lipinski definition) is 5. The van der Waals surface area contributed by atoms with Crippen LogP contribution in [0.1, 0.15) is 5.56 Å². The minimum absolute atomic E-state index is 0.0846. The summed E-state index contributed by atoms with van der Waals surface area (Å²) in [5.41, 5.74) is 1.23. The second-order valence-corrected chi connectivity index (χ2v) is 8.16. The number of carbonyl (C=O) groups excluding carboxylic acids is 1. The van der Waals surface area contributed by atoms with E-state index in [1.165, 1.54) is 33.4 Å². The molecule has 0 aromatic heterocycles. The first-order chi connectivity index (χ1) is 12.7. The molecule has 0 saturated heterocycles. The Hall–Kier alpha value is -2.29. The van der Waals surface area contributed by atoms with E-state index < -0.39 is 15.9 Å².